The number of aromatic amines is 1. The number of benzene rings is 1. The smallest absolute Gasteiger partial charge is 0.118 e. The Labute approximate surface area is 160 Å². The molecule has 132 valence electrons. The molecule has 2 aromatic heterocycles. The lowest BCUT2D eigenvalue weighted by Gasteiger charge is -2.42. The van der Waals surface area contributed by atoms with Crippen molar-refractivity contribution in [3.05, 3.63) is 56.3 Å². The normalized spacial score (nSPS) is 21.6. The van der Waals surface area contributed by atoms with Crippen LogP contribution in [-0.2, 0) is 6.42 Å². The zero-order valence-electron chi connectivity index (χ0n) is 14.6. The van der Waals surface area contributed by atoms with Gasteiger partial charge in [0.25, 0.3) is 0 Å². The second-order valence-electron chi connectivity index (χ2n) is 7.55. The van der Waals surface area contributed by atoms with Gasteiger partial charge in [-0.2, -0.15) is 0 Å². The molecular formula is C20H22BrFN2S. The molecule has 4 rings (SSSR count). The van der Waals surface area contributed by atoms with Crippen LogP contribution in [0.15, 0.2) is 40.2 Å². The minimum absolute atomic E-state index is 0.0671. The predicted octanol–water partition coefficient (Wildman–Crippen LogP) is 6.08. The molecule has 0 bridgehead atoms. The molecule has 1 N–H and O–H groups in total. The van der Waals surface area contributed by atoms with E-state index >= 15 is 0 Å². The molecule has 0 aliphatic carbocycles. The molecule has 1 aliphatic rings. The first-order chi connectivity index (χ1) is 11.8. The molecule has 2 atom stereocenters. The van der Waals surface area contributed by atoms with Crippen molar-refractivity contribution in [1.82, 2.24) is 9.88 Å². The zero-order valence-corrected chi connectivity index (χ0v) is 17.0. The number of halogens is 2. The molecule has 0 unspecified atom stereocenters. The Morgan fingerprint density at radius 3 is 2.72 bits per heavy atom. The van der Waals surface area contributed by atoms with Gasteiger partial charge in [-0.3, -0.25) is 4.90 Å². The van der Waals surface area contributed by atoms with Gasteiger partial charge in [0.05, 0.1) is 9.83 Å². The number of fused-ring (bicyclic) bond motifs is 3. The SMILES string of the molecule is C[C@@H]1Cc2c([nH]c3ccccc23)[C@@H](c2ccc(Br)s2)N1CC(C)(C)F. The molecule has 0 saturated heterocycles. The van der Waals surface area contributed by atoms with Crippen molar-refractivity contribution < 1.29 is 4.39 Å². The number of hydrogen-bond acceptors (Lipinski definition) is 2. The van der Waals surface area contributed by atoms with E-state index in [1.54, 1.807) is 25.2 Å². The van der Waals surface area contributed by atoms with Crippen molar-refractivity contribution in [3.8, 4) is 0 Å². The summed E-state index contributed by atoms with van der Waals surface area (Å²) >= 11 is 5.32. The van der Waals surface area contributed by atoms with Crippen molar-refractivity contribution in [1.29, 1.82) is 0 Å². The van der Waals surface area contributed by atoms with E-state index in [9.17, 15) is 4.39 Å². The highest BCUT2D eigenvalue weighted by Crippen LogP contribution is 2.44. The Kier molecular flexibility index (Phi) is 4.29. The van der Waals surface area contributed by atoms with Crippen LogP contribution >= 0.6 is 27.3 Å². The molecule has 5 heteroatoms. The third-order valence-electron chi connectivity index (χ3n) is 4.94. The molecule has 0 fully saturated rings. The minimum atomic E-state index is -1.23. The minimum Gasteiger partial charge on any atom is -0.357 e. The van der Waals surface area contributed by atoms with Gasteiger partial charge < -0.3 is 4.98 Å². The van der Waals surface area contributed by atoms with Crippen molar-refractivity contribution in [2.75, 3.05) is 6.54 Å². The van der Waals surface area contributed by atoms with Gasteiger partial charge in [0.15, 0.2) is 0 Å². The number of rotatable bonds is 3. The summed E-state index contributed by atoms with van der Waals surface area (Å²) in [6, 6.07) is 13.1. The summed E-state index contributed by atoms with van der Waals surface area (Å²) in [5.74, 6) is 0. The van der Waals surface area contributed by atoms with Crippen molar-refractivity contribution >= 4 is 38.2 Å². The lowest BCUT2D eigenvalue weighted by atomic mass is 9.90. The van der Waals surface area contributed by atoms with E-state index in [0.29, 0.717) is 6.54 Å². The maximum atomic E-state index is 14.6. The highest BCUT2D eigenvalue weighted by atomic mass is 79.9. The summed E-state index contributed by atoms with van der Waals surface area (Å²) < 4.78 is 15.7. The lowest BCUT2D eigenvalue weighted by molar-refractivity contribution is 0.0679. The summed E-state index contributed by atoms with van der Waals surface area (Å²) in [7, 11) is 0. The number of nitrogens with zero attached hydrogens (tertiary/aromatic N) is 1. The van der Waals surface area contributed by atoms with Gasteiger partial charge in [0.1, 0.15) is 5.67 Å². The standard InChI is InChI=1S/C20H22BrFN2S/c1-12-10-14-13-6-4-5-7-15(13)23-18(14)19(16-8-9-17(21)25-16)24(12)11-20(2,3)22/h4-9,12,19,23H,10-11H2,1-3H3/t12-,19-/m1/s1. The van der Waals surface area contributed by atoms with Gasteiger partial charge >= 0.3 is 0 Å². The number of hydrogen-bond donors (Lipinski definition) is 1. The monoisotopic (exact) mass is 420 g/mol. The fourth-order valence-electron chi connectivity index (χ4n) is 3.97. The molecule has 3 aromatic rings. The van der Waals surface area contributed by atoms with Gasteiger partial charge in [0.2, 0.25) is 0 Å². The van der Waals surface area contributed by atoms with Crippen LogP contribution in [0.4, 0.5) is 4.39 Å². The predicted molar refractivity (Wildman–Crippen MR) is 107 cm³/mol. The summed E-state index contributed by atoms with van der Waals surface area (Å²) in [5, 5.41) is 1.30. The molecule has 0 amide bonds. The molecule has 1 aromatic carbocycles. The average Bonchev–Trinajstić information content (AvgIpc) is 3.10. The first-order valence-corrected chi connectivity index (χ1v) is 10.2. The maximum absolute atomic E-state index is 14.6. The fourth-order valence-corrected chi connectivity index (χ4v) is 5.52. The van der Waals surface area contributed by atoms with E-state index in [-0.39, 0.29) is 12.1 Å². The van der Waals surface area contributed by atoms with Crippen LogP contribution in [0.3, 0.4) is 0 Å². The van der Waals surface area contributed by atoms with Crippen molar-refractivity contribution in [2.24, 2.45) is 0 Å². The largest absolute Gasteiger partial charge is 0.357 e. The number of nitrogens with one attached hydrogen (secondary N) is 1. The molecule has 25 heavy (non-hydrogen) atoms. The first-order valence-electron chi connectivity index (χ1n) is 8.63. The van der Waals surface area contributed by atoms with E-state index < -0.39 is 5.67 Å². The summed E-state index contributed by atoms with van der Waals surface area (Å²) in [5.41, 5.74) is 2.54. The Bertz CT molecular complexity index is 908. The van der Waals surface area contributed by atoms with Crippen LogP contribution in [0, 0.1) is 0 Å². The number of para-hydroxylation sites is 1. The van der Waals surface area contributed by atoms with Crippen molar-refractivity contribution in [2.45, 2.75) is 44.9 Å². The van der Waals surface area contributed by atoms with Gasteiger partial charge in [-0.25, -0.2) is 4.39 Å². The number of thiophene rings is 1. The van der Waals surface area contributed by atoms with Crippen LogP contribution in [0.2, 0.25) is 0 Å². The third-order valence-corrected chi connectivity index (χ3v) is 6.62. The fraction of sp³-hybridized carbons (Fsp3) is 0.400. The Balaban J connectivity index is 1.90. The van der Waals surface area contributed by atoms with Crippen LogP contribution in [0.1, 0.15) is 42.9 Å². The van der Waals surface area contributed by atoms with E-state index in [4.69, 9.17) is 0 Å². The lowest BCUT2D eigenvalue weighted by Crippen LogP contribution is -2.47. The molecule has 1 aliphatic heterocycles. The van der Waals surface area contributed by atoms with Crippen LogP contribution < -0.4 is 0 Å². The van der Waals surface area contributed by atoms with Crippen LogP contribution in [-0.4, -0.2) is 28.1 Å². The highest BCUT2D eigenvalue weighted by molar-refractivity contribution is 9.11. The van der Waals surface area contributed by atoms with E-state index in [0.717, 1.165) is 10.2 Å². The highest BCUT2D eigenvalue weighted by Gasteiger charge is 2.38. The molecular weight excluding hydrogens is 399 g/mol. The average molecular weight is 421 g/mol. The number of H-pyrrole nitrogens is 1. The molecule has 0 radical (unpaired) electrons. The summed E-state index contributed by atoms with van der Waals surface area (Å²) in [4.78, 5) is 7.20. The quantitative estimate of drug-likeness (QED) is 0.543. The summed E-state index contributed by atoms with van der Waals surface area (Å²) in [6.07, 6.45) is 0.943. The Morgan fingerprint density at radius 1 is 1.28 bits per heavy atom. The van der Waals surface area contributed by atoms with E-state index in [1.807, 2.05) is 0 Å². The second kappa shape index (κ2) is 6.22. The molecule has 0 saturated carbocycles. The third kappa shape index (κ3) is 3.18. The molecule has 2 nitrogen and oxygen atoms in total. The Morgan fingerprint density at radius 2 is 2.04 bits per heavy atom. The zero-order chi connectivity index (χ0) is 17.8. The van der Waals surface area contributed by atoms with Crippen molar-refractivity contribution in [3.63, 3.8) is 0 Å². The van der Waals surface area contributed by atoms with Gasteiger partial charge in [0, 0.05) is 34.1 Å². The van der Waals surface area contributed by atoms with E-state index in [1.165, 1.54) is 27.0 Å². The van der Waals surface area contributed by atoms with Crippen LogP contribution in [0.5, 0.6) is 0 Å². The second-order valence-corrected chi connectivity index (χ2v) is 10.0. The van der Waals surface area contributed by atoms with Gasteiger partial charge in [-0.05, 0) is 66.9 Å². The maximum Gasteiger partial charge on any atom is 0.118 e. The van der Waals surface area contributed by atoms with Crippen LogP contribution in [0.25, 0.3) is 10.9 Å². The van der Waals surface area contributed by atoms with E-state index in [2.05, 4.69) is 69.1 Å². The summed E-state index contributed by atoms with van der Waals surface area (Å²) in [6.45, 7) is 5.97. The number of aromatic nitrogens is 1. The van der Waals surface area contributed by atoms with Gasteiger partial charge in [-0.15, -0.1) is 11.3 Å². The first kappa shape index (κ1) is 17.3. The van der Waals surface area contributed by atoms with Gasteiger partial charge in [-0.1, -0.05) is 18.2 Å². The topological polar surface area (TPSA) is 19.0 Å². The number of alkyl halides is 1. The molecule has 0 spiro atoms. The Hall–Kier alpha value is -1.17. The molecule has 3 heterocycles.